The molecule has 0 atom stereocenters. The number of ether oxygens (including phenoxy) is 2. The van der Waals surface area contributed by atoms with Crippen LogP contribution in [0.4, 0.5) is 16.2 Å². The Labute approximate surface area is 149 Å². The van der Waals surface area contributed by atoms with E-state index in [1.54, 1.807) is 4.90 Å². The molecule has 6 heteroatoms. The predicted octanol–water partition coefficient (Wildman–Crippen LogP) is 3.04. The standard InChI is InChI=1S/C19H29N3O3/c1-18(2,3)25-17(23)22-8-6-21(7-9-22)15-11-16-13(10-14(15)20)12-19(4,5)24-16/h10-11H,6-9,12,20H2,1-5H3. The van der Waals surface area contributed by atoms with E-state index in [-0.39, 0.29) is 11.7 Å². The van der Waals surface area contributed by atoms with E-state index in [4.69, 9.17) is 15.2 Å². The highest BCUT2D eigenvalue weighted by Crippen LogP contribution is 2.40. The fourth-order valence-electron chi connectivity index (χ4n) is 3.39. The molecule has 2 aliphatic heterocycles. The Hall–Kier alpha value is -2.11. The maximum Gasteiger partial charge on any atom is 0.410 e. The normalized spacial score (nSPS) is 19.4. The lowest BCUT2D eigenvalue weighted by Crippen LogP contribution is -2.50. The number of benzene rings is 1. The zero-order valence-corrected chi connectivity index (χ0v) is 15.9. The molecule has 1 amide bonds. The second-order valence-corrected chi connectivity index (χ2v) is 8.51. The summed E-state index contributed by atoms with van der Waals surface area (Å²) in [6, 6.07) is 4.07. The van der Waals surface area contributed by atoms with Crippen molar-refractivity contribution >= 4 is 17.5 Å². The number of piperazine rings is 1. The summed E-state index contributed by atoms with van der Waals surface area (Å²) in [4.78, 5) is 16.2. The SMILES string of the molecule is CC(C)(C)OC(=O)N1CCN(c2cc3c(cc2N)CC(C)(C)O3)CC1. The van der Waals surface area contributed by atoms with Crippen LogP contribution in [0.5, 0.6) is 5.75 Å². The molecular weight excluding hydrogens is 318 g/mol. The minimum absolute atomic E-state index is 0.178. The van der Waals surface area contributed by atoms with Crippen LogP contribution >= 0.6 is 0 Å². The molecule has 0 unspecified atom stereocenters. The van der Waals surface area contributed by atoms with Crippen LogP contribution in [-0.4, -0.2) is 48.4 Å². The second kappa shape index (κ2) is 6.00. The lowest BCUT2D eigenvalue weighted by molar-refractivity contribution is 0.0240. The van der Waals surface area contributed by atoms with Crippen molar-refractivity contribution < 1.29 is 14.3 Å². The molecule has 1 aromatic carbocycles. The number of hydrogen-bond donors (Lipinski definition) is 1. The number of nitrogens with zero attached hydrogens (tertiary/aromatic N) is 2. The summed E-state index contributed by atoms with van der Waals surface area (Å²) < 4.78 is 11.5. The number of fused-ring (bicyclic) bond motifs is 1. The zero-order valence-electron chi connectivity index (χ0n) is 15.9. The van der Waals surface area contributed by atoms with Gasteiger partial charge in [0.25, 0.3) is 0 Å². The fourth-order valence-corrected chi connectivity index (χ4v) is 3.39. The summed E-state index contributed by atoms with van der Waals surface area (Å²) in [6.45, 7) is 12.5. The van der Waals surface area contributed by atoms with Gasteiger partial charge < -0.3 is 25.0 Å². The lowest BCUT2D eigenvalue weighted by Gasteiger charge is -2.37. The summed E-state index contributed by atoms with van der Waals surface area (Å²) in [5, 5.41) is 0. The molecule has 0 aliphatic carbocycles. The maximum atomic E-state index is 12.2. The number of hydrogen-bond acceptors (Lipinski definition) is 5. The van der Waals surface area contributed by atoms with Gasteiger partial charge in [-0.1, -0.05) is 0 Å². The topological polar surface area (TPSA) is 68.0 Å². The molecule has 0 saturated carbocycles. The molecule has 0 radical (unpaired) electrons. The van der Waals surface area contributed by atoms with Crippen LogP contribution in [-0.2, 0) is 11.2 Å². The number of nitrogens with two attached hydrogens (primary N) is 1. The third-order valence-corrected chi connectivity index (χ3v) is 4.48. The Kier molecular flexibility index (Phi) is 4.25. The van der Waals surface area contributed by atoms with E-state index in [2.05, 4.69) is 18.7 Å². The Bertz CT molecular complexity index is 671. The van der Waals surface area contributed by atoms with E-state index in [1.165, 1.54) is 5.56 Å². The molecule has 2 aliphatic rings. The number of rotatable bonds is 1. The Balaban J connectivity index is 1.67. The van der Waals surface area contributed by atoms with Crippen LogP contribution in [0.25, 0.3) is 0 Å². The Morgan fingerprint density at radius 3 is 2.44 bits per heavy atom. The van der Waals surface area contributed by atoms with E-state index < -0.39 is 5.60 Å². The minimum atomic E-state index is -0.469. The number of carbonyl (C=O) groups is 1. The van der Waals surface area contributed by atoms with E-state index in [9.17, 15) is 4.79 Å². The van der Waals surface area contributed by atoms with Crippen LogP contribution in [0, 0.1) is 0 Å². The molecule has 2 heterocycles. The highest BCUT2D eigenvalue weighted by Gasteiger charge is 2.32. The van der Waals surface area contributed by atoms with Crippen molar-refractivity contribution in [2.24, 2.45) is 0 Å². The van der Waals surface area contributed by atoms with Gasteiger partial charge in [-0.3, -0.25) is 0 Å². The van der Waals surface area contributed by atoms with Crippen molar-refractivity contribution in [1.82, 2.24) is 4.90 Å². The molecule has 1 saturated heterocycles. The first-order valence-corrected chi connectivity index (χ1v) is 8.88. The summed E-state index contributed by atoms with van der Waals surface area (Å²) >= 11 is 0. The summed E-state index contributed by atoms with van der Waals surface area (Å²) in [5.41, 5.74) is 8.56. The molecule has 0 aromatic heterocycles. The van der Waals surface area contributed by atoms with Gasteiger partial charge in [-0.05, 0) is 40.7 Å². The number of nitrogen functional groups attached to an aromatic ring is 1. The summed E-state index contributed by atoms with van der Waals surface area (Å²) in [7, 11) is 0. The van der Waals surface area contributed by atoms with Gasteiger partial charge in [-0.25, -0.2) is 4.79 Å². The quantitative estimate of drug-likeness (QED) is 0.791. The minimum Gasteiger partial charge on any atom is -0.487 e. The zero-order chi connectivity index (χ0) is 18.4. The van der Waals surface area contributed by atoms with E-state index in [0.717, 1.165) is 36.6 Å². The van der Waals surface area contributed by atoms with Gasteiger partial charge in [0.05, 0.1) is 11.4 Å². The van der Waals surface area contributed by atoms with Crippen LogP contribution < -0.4 is 15.4 Å². The van der Waals surface area contributed by atoms with Gasteiger partial charge in [0, 0.05) is 44.2 Å². The Morgan fingerprint density at radius 2 is 1.84 bits per heavy atom. The van der Waals surface area contributed by atoms with Crippen molar-refractivity contribution in [3.63, 3.8) is 0 Å². The van der Waals surface area contributed by atoms with Crippen molar-refractivity contribution in [3.05, 3.63) is 17.7 Å². The molecule has 1 aromatic rings. The fraction of sp³-hybridized carbons (Fsp3) is 0.632. The van der Waals surface area contributed by atoms with Crippen molar-refractivity contribution in [3.8, 4) is 5.75 Å². The summed E-state index contributed by atoms with van der Waals surface area (Å²) in [6.07, 6.45) is 0.623. The van der Waals surface area contributed by atoms with Crippen molar-refractivity contribution in [2.75, 3.05) is 36.8 Å². The number of amides is 1. The van der Waals surface area contributed by atoms with Crippen LogP contribution in [0.15, 0.2) is 12.1 Å². The molecule has 0 spiro atoms. The smallest absolute Gasteiger partial charge is 0.410 e. The van der Waals surface area contributed by atoms with E-state index in [0.29, 0.717) is 13.1 Å². The van der Waals surface area contributed by atoms with Gasteiger partial charge >= 0.3 is 6.09 Å². The largest absolute Gasteiger partial charge is 0.487 e. The molecule has 0 bridgehead atoms. The maximum absolute atomic E-state index is 12.2. The van der Waals surface area contributed by atoms with Crippen LogP contribution in [0.2, 0.25) is 0 Å². The number of anilines is 2. The monoisotopic (exact) mass is 347 g/mol. The molecule has 138 valence electrons. The van der Waals surface area contributed by atoms with Crippen molar-refractivity contribution in [2.45, 2.75) is 52.2 Å². The highest BCUT2D eigenvalue weighted by molar-refractivity contribution is 5.73. The molecule has 6 nitrogen and oxygen atoms in total. The first kappa shape index (κ1) is 17.7. The van der Waals surface area contributed by atoms with Crippen LogP contribution in [0.3, 0.4) is 0 Å². The lowest BCUT2D eigenvalue weighted by atomic mass is 10.0. The van der Waals surface area contributed by atoms with Gasteiger partial charge in [0.2, 0.25) is 0 Å². The molecule has 25 heavy (non-hydrogen) atoms. The average Bonchev–Trinajstić information content (AvgIpc) is 2.77. The first-order valence-electron chi connectivity index (χ1n) is 8.88. The molecular formula is C19H29N3O3. The van der Waals surface area contributed by atoms with E-state index >= 15 is 0 Å². The van der Waals surface area contributed by atoms with Gasteiger partial charge in [-0.2, -0.15) is 0 Å². The van der Waals surface area contributed by atoms with Crippen LogP contribution in [0.1, 0.15) is 40.2 Å². The van der Waals surface area contributed by atoms with Crippen molar-refractivity contribution in [1.29, 1.82) is 0 Å². The highest BCUT2D eigenvalue weighted by atomic mass is 16.6. The number of carbonyl (C=O) groups excluding carboxylic acids is 1. The van der Waals surface area contributed by atoms with Gasteiger partial charge in [0.15, 0.2) is 0 Å². The molecule has 1 fully saturated rings. The third kappa shape index (κ3) is 3.94. The van der Waals surface area contributed by atoms with Gasteiger partial charge in [0.1, 0.15) is 17.0 Å². The summed E-state index contributed by atoms with van der Waals surface area (Å²) in [5.74, 6) is 0.920. The molecule has 2 N–H and O–H groups in total. The molecule has 3 rings (SSSR count). The Morgan fingerprint density at radius 1 is 1.20 bits per heavy atom. The van der Waals surface area contributed by atoms with E-state index in [1.807, 2.05) is 32.9 Å². The third-order valence-electron chi connectivity index (χ3n) is 4.48. The average molecular weight is 347 g/mol. The second-order valence-electron chi connectivity index (χ2n) is 8.51. The first-order chi connectivity index (χ1) is 11.5. The van der Waals surface area contributed by atoms with Gasteiger partial charge in [-0.15, -0.1) is 0 Å². The predicted molar refractivity (Wildman–Crippen MR) is 99.3 cm³/mol.